The van der Waals surface area contributed by atoms with Gasteiger partial charge in [0, 0.05) is 5.38 Å². The van der Waals surface area contributed by atoms with Gasteiger partial charge in [0.25, 0.3) is 0 Å². The molecule has 3 unspecified atom stereocenters. The molecule has 1 fully saturated rings. The van der Waals surface area contributed by atoms with Crippen molar-refractivity contribution < 1.29 is 0 Å². The number of rotatable bonds is 3. The molecule has 0 radical (unpaired) electrons. The summed E-state index contributed by atoms with van der Waals surface area (Å²) < 4.78 is 0. The molecule has 1 aliphatic rings. The molecule has 100 valence electrons. The van der Waals surface area contributed by atoms with E-state index in [9.17, 15) is 0 Å². The Labute approximate surface area is 117 Å². The lowest BCUT2D eigenvalue weighted by molar-refractivity contribution is 0.218. The van der Waals surface area contributed by atoms with Crippen LogP contribution in [-0.2, 0) is 6.42 Å². The van der Waals surface area contributed by atoms with Gasteiger partial charge in [-0.05, 0) is 61.5 Å². The lowest BCUT2D eigenvalue weighted by atomic mass is 9.74. The van der Waals surface area contributed by atoms with Gasteiger partial charge in [-0.15, -0.1) is 11.6 Å². The van der Waals surface area contributed by atoms with E-state index >= 15 is 0 Å². The first-order valence-electron chi connectivity index (χ1n) is 7.26. The lowest BCUT2D eigenvalue weighted by Gasteiger charge is -2.35. The van der Waals surface area contributed by atoms with E-state index in [1.54, 1.807) is 0 Å². The third-order valence-corrected chi connectivity index (χ3v) is 5.19. The van der Waals surface area contributed by atoms with Crippen LogP contribution in [0.15, 0.2) is 24.3 Å². The maximum absolute atomic E-state index is 6.55. The minimum atomic E-state index is 0.375. The van der Waals surface area contributed by atoms with E-state index in [1.165, 1.54) is 30.4 Å². The van der Waals surface area contributed by atoms with Crippen molar-refractivity contribution in [2.24, 2.45) is 17.8 Å². The topological polar surface area (TPSA) is 0 Å². The molecule has 3 atom stereocenters. The van der Waals surface area contributed by atoms with Crippen LogP contribution in [0.4, 0.5) is 0 Å². The SMILES string of the molecule is Cc1ccccc1CC1CC(C(C)C)CCC1Cl. The van der Waals surface area contributed by atoms with Gasteiger partial charge >= 0.3 is 0 Å². The quantitative estimate of drug-likeness (QED) is 0.657. The molecule has 0 bridgehead atoms. The van der Waals surface area contributed by atoms with Gasteiger partial charge < -0.3 is 0 Å². The summed E-state index contributed by atoms with van der Waals surface area (Å²) in [5.41, 5.74) is 2.89. The summed E-state index contributed by atoms with van der Waals surface area (Å²) in [4.78, 5) is 0. The third-order valence-electron chi connectivity index (χ3n) is 4.62. The van der Waals surface area contributed by atoms with Crippen LogP contribution in [0.3, 0.4) is 0 Å². The standard InChI is InChI=1S/C17H25Cl/c1-12(2)14-8-9-17(18)16(10-14)11-15-7-5-4-6-13(15)3/h4-7,12,14,16-17H,8-11H2,1-3H3. The molecule has 0 saturated heterocycles. The molecular weight excluding hydrogens is 240 g/mol. The third kappa shape index (κ3) is 3.29. The van der Waals surface area contributed by atoms with Gasteiger partial charge in [0.05, 0.1) is 0 Å². The smallest absolute Gasteiger partial charge is 0.0367 e. The Bertz CT molecular complexity index is 383. The largest absolute Gasteiger partial charge is 0.123 e. The number of aryl methyl sites for hydroxylation is 1. The van der Waals surface area contributed by atoms with Crippen molar-refractivity contribution >= 4 is 11.6 Å². The summed E-state index contributed by atoms with van der Waals surface area (Å²) >= 11 is 6.55. The molecule has 0 nitrogen and oxygen atoms in total. The zero-order chi connectivity index (χ0) is 13.1. The van der Waals surface area contributed by atoms with Crippen LogP contribution in [0, 0.1) is 24.7 Å². The second kappa shape index (κ2) is 6.10. The second-order valence-corrected chi connectivity index (χ2v) is 6.78. The summed E-state index contributed by atoms with van der Waals surface area (Å²) in [7, 11) is 0. The van der Waals surface area contributed by atoms with Crippen LogP contribution in [0.25, 0.3) is 0 Å². The fraction of sp³-hybridized carbons (Fsp3) is 0.647. The number of hydrogen-bond acceptors (Lipinski definition) is 0. The van der Waals surface area contributed by atoms with Crippen molar-refractivity contribution in [2.75, 3.05) is 0 Å². The molecule has 0 aromatic heterocycles. The Morgan fingerprint density at radius 3 is 2.61 bits per heavy atom. The molecule has 1 aliphatic carbocycles. The Morgan fingerprint density at radius 1 is 1.22 bits per heavy atom. The van der Waals surface area contributed by atoms with Gasteiger partial charge in [0.15, 0.2) is 0 Å². The van der Waals surface area contributed by atoms with Crippen LogP contribution in [0.2, 0.25) is 0 Å². The highest BCUT2D eigenvalue weighted by Crippen LogP contribution is 2.38. The Morgan fingerprint density at radius 2 is 1.94 bits per heavy atom. The first kappa shape index (κ1) is 13.9. The molecular formula is C17H25Cl. The summed E-state index contributed by atoms with van der Waals surface area (Å²) in [5.74, 6) is 2.33. The maximum Gasteiger partial charge on any atom is 0.0367 e. The van der Waals surface area contributed by atoms with Crippen molar-refractivity contribution in [1.82, 2.24) is 0 Å². The van der Waals surface area contributed by atoms with Crippen LogP contribution < -0.4 is 0 Å². The first-order chi connectivity index (χ1) is 8.58. The van der Waals surface area contributed by atoms with E-state index in [0.717, 1.165) is 18.3 Å². The summed E-state index contributed by atoms with van der Waals surface area (Å²) in [6.45, 7) is 6.91. The van der Waals surface area contributed by atoms with Crippen molar-refractivity contribution in [3.05, 3.63) is 35.4 Å². The molecule has 1 heteroatoms. The van der Waals surface area contributed by atoms with E-state index in [1.807, 2.05) is 0 Å². The van der Waals surface area contributed by atoms with Gasteiger partial charge in [-0.1, -0.05) is 38.1 Å². The van der Waals surface area contributed by atoms with Gasteiger partial charge in [-0.25, -0.2) is 0 Å². The number of alkyl halides is 1. The second-order valence-electron chi connectivity index (χ2n) is 6.22. The number of halogens is 1. The van der Waals surface area contributed by atoms with Crippen molar-refractivity contribution in [3.63, 3.8) is 0 Å². The first-order valence-corrected chi connectivity index (χ1v) is 7.70. The molecule has 0 N–H and O–H groups in total. The average Bonchev–Trinajstić information content (AvgIpc) is 2.34. The fourth-order valence-electron chi connectivity index (χ4n) is 3.20. The van der Waals surface area contributed by atoms with Crippen LogP contribution in [0.5, 0.6) is 0 Å². The molecule has 1 aromatic carbocycles. The molecule has 0 aliphatic heterocycles. The Hall–Kier alpha value is -0.490. The molecule has 0 heterocycles. The predicted molar refractivity (Wildman–Crippen MR) is 80.2 cm³/mol. The highest BCUT2D eigenvalue weighted by atomic mass is 35.5. The normalized spacial score (nSPS) is 28.6. The Balaban J connectivity index is 2.05. The highest BCUT2D eigenvalue weighted by Gasteiger charge is 2.30. The van der Waals surface area contributed by atoms with E-state index in [2.05, 4.69) is 45.0 Å². The summed E-state index contributed by atoms with van der Waals surface area (Å²) in [5, 5.41) is 0.375. The number of hydrogen-bond donors (Lipinski definition) is 0. The lowest BCUT2D eigenvalue weighted by Crippen LogP contribution is -2.29. The van der Waals surface area contributed by atoms with Gasteiger partial charge in [0.1, 0.15) is 0 Å². The van der Waals surface area contributed by atoms with E-state index < -0.39 is 0 Å². The monoisotopic (exact) mass is 264 g/mol. The average molecular weight is 265 g/mol. The summed E-state index contributed by atoms with van der Waals surface area (Å²) in [6, 6.07) is 8.74. The van der Waals surface area contributed by atoms with Crippen molar-refractivity contribution in [3.8, 4) is 0 Å². The van der Waals surface area contributed by atoms with Gasteiger partial charge in [-0.3, -0.25) is 0 Å². The molecule has 0 amide bonds. The van der Waals surface area contributed by atoms with E-state index in [4.69, 9.17) is 11.6 Å². The number of benzene rings is 1. The molecule has 1 aromatic rings. The highest BCUT2D eigenvalue weighted by molar-refractivity contribution is 6.20. The van der Waals surface area contributed by atoms with Crippen molar-refractivity contribution in [1.29, 1.82) is 0 Å². The zero-order valence-electron chi connectivity index (χ0n) is 11.8. The zero-order valence-corrected chi connectivity index (χ0v) is 12.6. The van der Waals surface area contributed by atoms with Gasteiger partial charge in [-0.2, -0.15) is 0 Å². The van der Waals surface area contributed by atoms with Crippen LogP contribution in [0.1, 0.15) is 44.2 Å². The van der Waals surface area contributed by atoms with Gasteiger partial charge in [0.2, 0.25) is 0 Å². The molecule has 2 rings (SSSR count). The fourth-order valence-corrected chi connectivity index (χ4v) is 3.52. The van der Waals surface area contributed by atoms with Crippen molar-refractivity contribution in [2.45, 2.75) is 51.8 Å². The van der Waals surface area contributed by atoms with E-state index in [-0.39, 0.29) is 0 Å². The predicted octanol–water partition coefficient (Wildman–Crippen LogP) is 5.22. The van der Waals surface area contributed by atoms with E-state index in [0.29, 0.717) is 11.3 Å². The Kier molecular flexibility index (Phi) is 4.72. The summed E-state index contributed by atoms with van der Waals surface area (Å²) in [6.07, 6.45) is 4.97. The molecule has 18 heavy (non-hydrogen) atoms. The molecule has 0 spiro atoms. The maximum atomic E-state index is 6.55. The molecule has 1 saturated carbocycles. The minimum absolute atomic E-state index is 0.375. The van der Waals surface area contributed by atoms with Crippen LogP contribution >= 0.6 is 11.6 Å². The minimum Gasteiger partial charge on any atom is -0.123 e. The van der Waals surface area contributed by atoms with Crippen LogP contribution in [-0.4, -0.2) is 5.38 Å².